The molecule has 2 aromatic carbocycles. The van der Waals surface area contributed by atoms with Crippen molar-refractivity contribution in [1.29, 1.82) is 0 Å². The van der Waals surface area contributed by atoms with Crippen molar-refractivity contribution in [2.75, 3.05) is 11.9 Å². The third-order valence-electron chi connectivity index (χ3n) is 6.37. The van der Waals surface area contributed by atoms with Gasteiger partial charge in [-0.1, -0.05) is 71.9 Å². The van der Waals surface area contributed by atoms with E-state index in [0.29, 0.717) is 42.3 Å². The molecular weight excluding hydrogens is 672 g/mol. The topological polar surface area (TPSA) is 76.8 Å². The zero-order valence-corrected chi connectivity index (χ0v) is 28.2. The predicted molar refractivity (Wildman–Crippen MR) is 173 cm³/mol. The number of aryl methyl sites for hydroxylation is 3. The minimum atomic E-state index is -4.58. The number of anilines is 1. The maximum atomic E-state index is 14.3. The number of carbonyl (C=O) groups excluding carboxylic acids is 1. The fourth-order valence-corrected chi connectivity index (χ4v) is 7.90. The van der Waals surface area contributed by atoms with Crippen LogP contribution in [0.5, 0.6) is 0 Å². The summed E-state index contributed by atoms with van der Waals surface area (Å²) in [5.41, 5.74) is 1.80. The number of thioether (sulfide) groups is 1. The van der Waals surface area contributed by atoms with Gasteiger partial charge in [-0.15, -0.1) is 22.0 Å². The van der Waals surface area contributed by atoms with Crippen molar-refractivity contribution in [3.63, 3.8) is 0 Å². The van der Waals surface area contributed by atoms with Gasteiger partial charge < -0.3 is 0 Å². The minimum Gasteiger partial charge on any atom is -0.284 e. The normalized spacial score (nSPS) is 11.9. The molecule has 230 valence electrons. The molecule has 3 heterocycles. The largest absolute Gasteiger partial charge is 0.416 e. The van der Waals surface area contributed by atoms with E-state index < -0.39 is 17.6 Å². The highest BCUT2D eigenvalue weighted by Gasteiger charge is 2.34. The fourth-order valence-electron chi connectivity index (χ4n) is 4.47. The lowest BCUT2D eigenvalue weighted by atomic mass is 9.98. The number of rotatable bonds is 7. The number of halogens is 5. The highest BCUT2D eigenvalue weighted by Crippen LogP contribution is 2.43. The lowest BCUT2D eigenvalue weighted by molar-refractivity contribution is -0.137. The van der Waals surface area contributed by atoms with Gasteiger partial charge in [0.2, 0.25) is 10.3 Å². The molecule has 15 heteroatoms. The Labute approximate surface area is 274 Å². The van der Waals surface area contributed by atoms with E-state index >= 15 is 0 Å². The molecule has 0 radical (unpaired) electrons. The standard InChI is InChI=1S/C29H25Cl2F3N6OS3/c1-13(2)42-26-23(17-7-8-20(30)21(31)12-17)35-27(44-26)40-24(25(41)39(6)28-37-36-16(5)43-28)22(15(4)38-40)18-9-14(3)10-19(11-18)29(32,33)34/h7-13H,1-6H3. The van der Waals surface area contributed by atoms with Crippen LogP contribution in [0.1, 0.15) is 46.2 Å². The summed E-state index contributed by atoms with van der Waals surface area (Å²) in [7, 11) is 1.54. The zero-order valence-electron chi connectivity index (χ0n) is 24.2. The molecule has 0 aliphatic carbocycles. The van der Waals surface area contributed by atoms with Crippen LogP contribution in [0.3, 0.4) is 0 Å². The van der Waals surface area contributed by atoms with E-state index in [9.17, 15) is 18.0 Å². The molecule has 0 saturated carbocycles. The van der Waals surface area contributed by atoms with Crippen molar-refractivity contribution in [3.05, 3.63) is 74.0 Å². The Morgan fingerprint density at radius 1 is 1.00 bits per heavy atom. The molecule has 1 amide bonds. The van der Waals surface area contributed by atoms with Crippen molar-refractivity contribution >= 4 is 68.7 Å². The second-order valence-corrected chi connectivity index (χ2v) is 15.0. The van der Waals surface area contributed by atoms with Crippen LogP contribution in [-0.4, -0.2) is 43.2 Å². The van der Waals surface area contributed by atoms with E-state index in [4.69, 9.17) is 28.2 Å². The maximum Gasteiger partial charge on any atom is 0.416 e. The summed E-state index contributed by atoms with van der Waals surface area (Å²) in [6, 6.07) is 8.92. The Morgan fingerprint density at radius 2 is 1.73 bits per heavy atom. The van der Waals surface area contributed by atoms with Gasteiger partial charge in [0, 0.05) is 23.4 Å². The molecule has 3 aromatic heterocycles. The van der Waals surface area contributed by atoms with Gasteiger partial charge in [-0.2, -0.15) is 23.0 Å². The van der Waals surface area contributed by atoms with Gasteiger partial charge in [-0.05, 0) is 56.2 Å². The highest BCUT2D eigenvalue weighted by atomic mass is 35.5. The number of aromatic nitrogens is 5. The van der Waals surface area contributed by atoms with Gasteiger partial charge in [-0.25, -0.2) is 4.98 Å². The minimum absolute atomic E-state index is 0.0483. The first-order chi connectivity index (χ1) is 20.6. The van der Waals surface area contributed by atoms with Gasteiger partial charge in [0.25, 0.3) is 5.91 Å². The summed E-state index contributed by atoms with van der Waals surface area (Å²) in [5.74, 6) is -0.531. The number of amides is 1. The van der Waals surface area contributed by atoms with Gasteiger partial charge in [0.1, 0.15) is 10.7 Å². The molecular formula is C29H25Cl2F3N6OS3. The summed E-state index contributed by atoms with van der Waals surface area (Å²) in [5, 5.41) is 15.1. The fraction of sp³-hybridized carbons (Fsp3) is 0.276. The Balaban J connectivity index is 1.77. The second kappa shape index (κ2) is 12.4. The summed E-state index contributed by atoms with van der Waals surface area (Å²) in [6.07, 6.45) is -4.58. The quantitative estimate of drug-likeness (QED) is 0.158. The smallest absolute Gasteiger partial charge is 0.284 e. The third-order valence-corrected chi connectivity index (χ3v) is 10.3. The van der Waals surface area contributed by atoms with Crippen molar-refractivity contribution in [2.45, 2.75) is 50.3 Å². The summed E-state index contributed by atoms with van der Waals surface area (Å²) < 4.78 is 43.9. The molecule has 5 aromatic rings. The maximum absolute atomic E-state index is 14.3. The van der Waals surface area contributed by atoms with Crippen LogP contribution in [0.25, 0.3) is 27.5 Å². The van der Waals surface area contributed by atoms with Crippen molar-refractivity contribution in [3.8, 4) is 27.5 Å². The molecule has 0 aliphatic heterocycles. The molecule has 0 spiro atoms. The van der Waals surface area contributed by atoms with Crippen molar-refractivity contribution in [1.82, 2.24) is 25.0 Å². The van der Waals surface area contributed by atoms with Gasteiger partial charge in [0.05, 0.1) is 31.2 Å². The molecule has 44 heavy (non-hydrogen) atoms. The summed E-state index contributed by atoms with van der Waals surface area (Å²) >= 11 is 16.6. The number of nitrogens with zero attached hydrogens (tertiary/aromatic N) is 6. The molecule has 0 N–H and O–H groups in total. The van der Waals surface area contributed by atoms with Gasteiger partial charge >= 0.3 is 6.18 Å². The predicted octanol–water partition coefficient (Wildman–Crippen LogP) is 9.54. The number of hydrogen-bond donors (Lipinski definition) is 0. The number of carbonyl (C=O) groups is 1. The van der Waals surface area contributed by atoms with Crippen molar-refractivity contribution in [2.24, 2.45) is 0 Å². The van der Waals surface area contributed by atoms with Crippen LogP contribution in [-0.2, 0) is 6.18 Å². The SMILES string of the molecule is Cc1cc(-c2c(C)nn(-c3nc(-c4ccc(Cl)c(Cl)c4)c(SC(C)C)s3)c2C(=O)N(C)c2nnc(C)s2)cc(C(F)(F)F)c1. The zero-order chi connectivity index (χ0) is 32.1. The Bertz CT molecular complexity index is 1880. The van der Waals surface area contributed by atoms with Crippen LogP contribution in [0.15, 0.2) is 40.6 Å². The van der Waals surface area contributed by atoms with E-state index in [-0.39, 0.29) is 22.1 Å². The average Bonchev–Trinajstić information content (AvgIpc) is 3.65. The molecule has 0 aliphatic rings. The van der Waals surface area contributed by atoms with Crippen LogP contribution in [0, 0.1) is 20.8 Å². The second-order valence-electron chi connectivity index (χ2n) is 10.2. The van der Waals surface area contributed by atoms with E-state index in [0.717, 1.165) is 21.9 Å². The van der Waals surface area contributed by atoms with E-state index in [1.54, 1.807) is 63.8 Å². The molecule has 0 atom stereocenters. The lowest BCUT2D eigenvalue weighted by Gasteiger charge is -2.16. The molecule has 0 bridgehead atoms. The van der Waals surface area contributed by atoms with Crippen LogP contribution >= 0.6 is 57.6 Å². The first-order valence-electron chi connectivity index (χ1n) is 13.1. The van der Waals surface area contributed by atoms with Crippen molar-refractivity contribution < 1.29 is 18.0 Å². The average molecular weight is 698 g/mol. The first kappa shape index (κ1) is 32.4. The number of hydrogen-bond acceptors (Lipinski definition) is 8. The third kappa shape index (κ3) is 6.52. The highest BCUT2D eigenvalue weighted by molar-refractivity contribution is 8.01. The molecule has 0 unspecified atom stereocenters. The van der Waals surface area contributed by atoms with E-state index in [1.807, 2.05) is 13.8 Å². The monoisotopic (exact) mass is 696 g/mol. The first-order valence-corrected chi connectivity index (χ1v) is 16.4. The molecule has 0 saturated heterocycles. The van der Waals surface area contributed by atoms with Gasteiger partial charge in [0.15, 0.2) is 0 Å². The van der Waals surface area contributed by atoms with Crippen LogP contribution in [0.2, 0.25) is 10.0 Å². The molecule has 7 nitrogen and oxygen atoms in total. The Morgan fingerprint density at radius 3 is 2.34 bits per heavy atom. The Kier molecular flexibility index (Phi) is 9.16. The molecule has 0 fully saturated rings. The van der Waals surface area contributed by atoms with E-state index in [2.05, 4.69) is 15.3 Å². The summed E-state index contributed by atoms with van der Waals surface area (Å²) in [4.78, 5) is 20.5. The van der Waals surface area contributed by atoms with Crippen LogP contribution < -0.4 is 4.90 Å². The van der Waals surface area contributed by atoms with Gasteiger partial charge in [-0.3, -0.25) is 9.69 Å². The number of benzene rings is 2. The molecule has 5 rings (SSSR count). The Hall–Kier alpha value is -2.97. The number of alkyl halides is 3. The van der Waals surface area contributed by atoms with Crippen LogP contribution in [0.4, 0.5) is 18.3 Å². The lowest BCUT2D eigenvalue weighted by Crippen LogP contribution is -2.29. The number of thiazole rings is 1. The summed E-state index contributed by atoms with van der Waals surface area (Å²) in [6.45, 7) is 9.09. The van der Waals surface area contributed by atoms with E-state index in [1.165, 1.54) is 32.3 Å².